The highest BCUT2D eigenvalue weighted by atomic mass is 31.2. The zero-order valence-electron chi connectivity index (χ0n) is 18.6. The van der Waals surface area contributed by atoms with Crippen LogP contribution in [0.25, 0.3) is 0 Å². The van der Waals surface area contributed by atoms with E-state index in [9.17, 15) is 0 Å². The van der Waals surface area contributed by atoms with Crippen LogP contribution in [0.2, 0.25) is 0 Å². The van der Waals surface area contributed by atoms with E-state index in [1.165, 1.54) is 59.5 Å². The number of hydrogen-bond acceptors (Lipinski definition) is 2. The minimum Gasteiger partial charge on any atom is -0.378 e. The van der Waals surface area contributed by atoms with Gasteiger partial charge in [0, 0.05) is 38.0 Å². The molecule has 1 fully saturated rings. The molecule has 3 aromatic carbocycles. The average Bonchev–Trinajstić information content (AvgIpc) is 2.80. The summed E-state index contributed by atoms with van der Waals surface area (Å²) >= 11 is 0. The molecule has 156 valence electrons. The van der Waals surface area contributed by atoms with Gasteiger partial charge in [-0.1, -0.05) is 48.9 Å². The fraction of sp³-hybridized carbons (Fsp3) is 0.333. The first-order chi connectivity index (χ1) is 14.6. The van der Waals surface area contributed by atoms with Crippen molar-refractivity contribution in [2.75, 3.05) is 38.7 Å². The molecule has 0 unspecified atom stereocenters. The lowest BCUT2D eigenvalue weighted by atomic mass is 10.1. The molecule has 3 heteroatoms. The van der Waals surface area contributed by atoms with Crippen molar-refractivity contribution in [2.24, 2.45) is 0 Å². The van der Waals surface area contributed by atoms with Gasteiger partial charge in [0.15, 0.2) is 0 Å². The van der Waals surface area contributed by atoms with Crippen molar-refractivity contribution in [1.29, 1.82) is 0 Å². The molecule has 1 saturated heterocycles. The SMILES string of the molecule is CN(C)c1ccc(CN2CCCCC2)c([P+](C)(c2ccccc2)c2ccccc2)c1. The lowest BCUT2D eigenvalue weighted by molar-refractivity contribution is 0.221. The second-order valence-corrected chi connectivity index (χ2v) is 12.2. The molecule has 0 spiro atoms. The summed E-state index contributed by atoms with van der Waals surface area (Å²) in [7, 11) is 2.53. The number of rotatable bonds is 6. The first-order valence-electron chi connectivity index (χ1n) is 11.1. The van der Waals surface area contributed by atoms with Gasteiger partial charge in [0.05, 0.1) is 6.66 Å². The Kier molecular flexibility index (Phi) is 6.56. The zero-order chi connectivity index (χ0) is 21.0. The molecule has 1 heterocycles. The van der Waals surface area contributed by atoms with Crippen LogP contribution in [0.5, 0.6) is 0 Å². The van der Waals surface area contributed by atoms with Gasteiger partial charge in [0.25, 0.3) is 0 Å². The Bertz CT molecular complexity index is 908. The van der Waals surface area contributed by atoms with Gasteiger partial charge in [-0.3, -0.25) is 4.90 Å². The third kappa shape index (κ3) is 4.31. The molecule has 1 aliphatic rings. The first-order valence-corrected chi connectivity index (χ1v) is 13.3. The van der Waals surface area contributed by atoms with Crippen LogP contribution in [0, 0.1) is 0 Å². The normalized spacial score (nSPS) is 15.2. The van der Waals surface area contributed by atoms with Crippen molar-refractivity contribution in [2.45, 2.75) is 25.8 Å². The number of likely N-dealkylation sites (tertiary alicyclic amines) is 1. The second kappa shape index (κ2) is 9.33. The molecular weight excluding hydrogens is 383 g/mol. The summed E-state index contributed by atoms with van der Waals surface area (Å²) in [5.74, 6) is 0. The van der Waals surface area contributed by atoms with Crippen LogP contribution < -0.4 is 20.8 Å². The first kappa shape index (κ1) is 21.1. The topological polar surface area (TPSA) is 6.48 Å². The number of anilines is 1. The van der Waals surface area contributed by atoms with Crippen molar-refractivity contribution < 1.29 is 0 Å². The Morgan fingerprint density at radius 1 is 0.767 bits per heavy atom. The lowest BCUT2D eigenvalue weighted by Gasteiger charge is -2.30. The van der Waals surface area contributed by atoms with Gasteiger partial charge in [0.1, 0.15) is 23.2 Å². The van der Waals surface area contributed by atoms with E-state index < -0.39 is 7.26 Å². The summed E-state index contributed by atoms with van der Waals surface area (Å²) in [5.41, 5.74) is 2.77. The number of benzene rings is 3. The third-order valence-corrected chi connectivity index (χ3v) is 10.5. The summed E-state index contributed by atoms with van der Waals surface area (Å²) in [6.07, 6.45) is 4.03. The molecule has 30 heavy (non-hydrogen) atoms. The lowest BCUT2D eigenvalue weighted by Crippen LogP contribution is -2.36. The fourth-order valence-corrected chi connectivity index (χ4v) is 8.12. The minimum absolute atomic E-state index is 1.05. The van der Waals surface area contributed by atoms with E-state index >= 15 is 0 Å². The predicted molar refractivity (Wildman–Crippen MR) is 135 cm³/mol. The van der Waals surface area contributed by atoms with E-state index in [0.717, 1.165) is 6.54 Å². The van der Waals surface area contributed by atoms with Crippen LogP contribution in [-0.2, 0) is 6.54 Å². The molecule has 0 bridgehead atoms. The molecule has 0 atom stereocenters. The Morgan fingerprint density at radius 3 is 1.87 bits per heavy atom. The summed E-state index contributed by atoms with van der Waals surface area (Å²) in [6, 6.07) is 29.5. The Hall–Kier alpha value is -2.15. The Balaban J connectivity index is 1.89. The van der Waals surface area contributed by atoms with Crippen molar-refractivity contribution in [3.8, 4) is 0 Å². The summed E-state index contributed by atoms with van der Waals surface area (Å²) in [5, 5.41) is 4.43. The van der Waals surface area contributed by atoms with Gasteiger partial charge >= 0.3 is 0 Å². The van der Waals surface area contributed by atoms with E-state index in [-0.39, 0.29) is 0 Å². The molecule has 3 aromatic rings. The van der Waals surface area contributed by atoms with E-state index in [0.29, 0.717) is 0 Å². The van der Waals surface area contributed by atoms with Gasteiger partial charge in [-0.2, -0.15) is 0 Å². The molecule has 0 saturated carbocycles. The van der Waals surface area contributed by atoms with E-state index in [4.69, 9.17) is 0 Å². The molecule has 0 radical (unpaired) electrons. The van der Waals surface area contributed by atoms with Crippen LogP contribution in [-0.4, -0.2) is 38.7 Å². The molecule has 4 rings (SSSR count). The van der Waals surface area contributed by atoms with Gasteiger partial charge in [-0.05, 0) is 56.3 Å². The monoisotopic (exact) mass is 417 g/mol. The second-order valence-electron chi connectivity index (χ2n) is 8.72. The molecule has 0 aliphatic carbocycles. The summed E-state index contributed by atoms with van der Waals surface area (Å²) < 4.78 is 0. The van der Waals surface area contributed by atoms with Gasteiger partial charge in [0.2, 0.25) is 0 Å². The average molecular weight is 418 g/mol. The van der Waals surface area contributed by atoms with Crippen molar-refractivity contribution in [3.05, 3.63) is 84.4 Å². The largest absolute Gasteiger partial charge is 0.378 e. The molecule has 0 N–H and O–H groups in total. The quantitative estimate of drug-likeness (QED) is 0.538. The Labute approximate surface area is 182 Å². The molecule has 1 aliphatic heterocycles. The van der Waals surface area contributed by atoms with Crippen molar-refractivity contribution in [1.82, 2.24) is 4.90 Å². The highest BCUT2D eigenvalue weighted by Crippen LogP contribution is 2.52. The standard InChI is InChI=1S/C27H34N2P/c1-28(2)24-18-17-23(22-29-19-11-6-12-20-29)27(21-24)30(3,25-13-7-4-8-14-25)26-15-9-5-10-16-26/h4-5,7-10,13-18,21H,6,11-12,19-20,22H2,1-3H3/q+1. The minimum atomic E-state index is -1.75. The Morgan fingerprint density at radius 2 is 1.33 bits per heavy atom. The van der Waals surface area contributed by atoms with Gasteiger partial charge in [-0.25, -0.2) is 0 Å². The van der Waals surface area contributed by atoms with Crippen LogP contribution in [0.3, 0.4) is 0 Å². The van der Waals surface area contributed by atoms with E-state index in [1.54, 1.807) is 0 Å². The van der Waals surface area contributed by atoms with Gasteiger partial charge in [-0.15, -0.1) is 0 Å². The van der Waals surface area contributed by atoms with Crippen LogP contribution in [0.1, 0.15) is 24.8 Å². The third-order valence-electron chi connectivity index (χ3n) is 6.45. The van der Waals surface area contributed by atoms with Gasteiger partial charge < -0.3 is 4.90 Å². The summed E-state index contributed by atoms with van der Waals surface area (Å²) in [6.45, 7) is 6.01. The number of hydrogen-bond donors (Lipinski definition) is 0. The highest BCUT2D eigenvalue weighted by molar-refractivity contribution is 7.95. The molecule has 0 amide bonds. The maximum atomic E-state index is 2.65. The maximum absolute atomic E-state index is 2.65. The smallest absolute Gasteiger partial charge is 0.111 e. The molecule has 2 nitrogen and oxygen atoms in total. The number of piperidine rings is 1. The molecule has 0 aromatic heterocycles. The van der Waals surface area contributed by atoms with E-state index in [2.05, 4.69) is 109 Å². The van der Waals surface area contributed by atoms with Crippen LogP contribution in [0.4, 0.5) is 5.69 Å². The summed E-state index contributed by atoms with van der Waals surface area (Å²) in [4.78, 5) is 4.88. The van der Waals surface area contributed by atoms with Crippen LogP contribution in [0.15, 0.2) is 78.9 Å². The predicted octanol–water partition coefficient (Wildman–Crippen LogP) is 4.66. The fourth-order valence-electron chi connectivity index (χ4n) is 4.62. The highest BCUT2D eigenvalue weighted by Gasteiger charge is 2.42. The van der Waals surface area contributed by atoms with Crippen LogP contribution >= 0.6 is 7.26 Å². The van der Waals surface area contributed by atoms with E-state index in [1.807, 2.05) is 0 Å². The van der Waals surface area contributed by atoms with Crippen molar-refractivity contribution in [3.63, 3.8) is 0 Å². The van der Waals surface area contributed by atoms with Crippen molar-refractivity contribution >= 4 is 28.9 Å². The maximum Gasteiger partial charge on any atom is 0.111 e. The molecular formula is C27H34N2P+. The zero-order valence-corrected chi connectivity index (χ0v) is 19.5. The number of nitrogens with zero attached hydrogens (tertiary/aromatic N) is 2.